The molecule has 1 N–H and O–H groups in total. The predicted molar refractivity (Wildman–Crippen MR) is 70.9 cm³/mol. The summed E-state index contributed by atoms with van der Waals surface area (Å²) in [5, 5.41) is 7.55. The molecular weight excluding hydrogens is 210 g/mol. The molecule has 1 aromatic carbocycles. The van der Waals surface area contributed by atoms with Crippen molar-refractivity contribution in [3.8, 4) is 11.1 Å². The Kier molecular flexibility index (Phi) is 3.94. The van der Waals surface area contributed by atoms with Crippen molar-refractivity contribution in [2.24, 2.45) is 7.05 Å². The molecule has 0 aliphatic carbocycles. The number of likely N-dealkylation sites (N-methyl/N-ethyl adjacent to an activating group) is 1. The normalized spacial score (nSPS) is 10.7. The SMILES string of the molecule is CCNCCc1cccc(-c2cnn(C)c2)c1. The van der Waals surface area contributed by atoms with Gasteiger partial charge in [0.25, 0.3) is 0 Å². The number of hydrogen-bond donors (Lipinski definition) is 1. The van der Waals surface area contributed by atoms with E-state index in [-0.39, 0.29) is 0 Å². The van der Waals surface area contributed by atoms with Crippen molar-refractivity contribution in [1.29, 1.82) is 0 Å². The third-order valence-corrected chi connectivity index (χ3v) is 2.81. The van der Waals surface area contributed by atoms with Gasteiger partial charge in [0.15, 0.2) is 0 Å². The number of aromatic nitrogens is 2. The summed E-state index contributed by atoms with van der Waals surface area (Å²) in [7, 11) is 1.94. The number of benzene rings is 1. The first kappa shape index (κ1) is 11.9. The molecule has 0 saturated heterocycles. The van der Waals surface area contributed by atoms with Crippen LogP contribution in [0.2, 0.25) is 0 Å². The fourth-order valence-electron chi connectivity index (χ4n) is 1.89. The Hall–Kier alpha value is -1.61. The van der Waals surface area contributed by atoms with Gasteiger partial charge in [0.05, 0.1) is 6.20 Å². The van der Waals surface area contributed by atoms with E-state index in [1.807, 2.05) is 24.1 Å². The Bertz CT molecular complexity index is 474. The maximum atomic E-state index is 4.20. The zero-order valence-corrected chi connectivity index (χ0v) is 10.5. The molecule has 0 aliphatic rings. The summed E-state index contributed by atoms with van der Waals surface area (Å²) >= 11 is 0. The van der Waals surface area contributed by atoms with Crippen molar-refractivity contribution in [1.82, 2.24) is 15.1 Å². The molecule has 90 valence electrons. The summed E-state index contributed by atoms with van der Waals surface area (Å²) in [4.78, 5) is 0. The average molecular weight is 229 g/mol. The van der Waals surface area contributed by atoms with E-state index in [2.05, 4.69) is 41.6 Å². The second-order valence-electron chi connectivity index (χ2n) is 4.21. The molecule has 0 radical (unpaired) electrons. The number of nitrogens with zero attached hydrogens (tertiary/aromatic N) is 2. The van der Waals surface area contributed by atoms with E-state index in [1.54, 1.807) is 0 Å². The summed E-state index contributed by atoms with van der Waals surface area (Å²) < 4.78 is 1.83. The molecule has 0 amide bonds. The van der Waals surface area contributed by atoms with Crippen LogP contribution in [0.5, 0.6) is 0 Å². The fourth-order valence-corrected chi connectivity index (χ4v) is 1.89. The van der Waals surface area contributed by atoms with Crippen LogP contribution >= 0.6 is 0 Å². The highest BCUT2D eigenvalue weighted by atomic mass is 15.2. The van der Waals surface area contributed by atoms with Crippen molar-refractivity contribution >= 4 is 0 Å². The molecule has 3 heteroatoms. The van der Waals surface area contributed by atoms with Crippen LogP contribution in [0.1, 0.15) is 12.5 Å². The second kappa shape index (κ2) is 5.64. The lowest BCUT2D eigenvalue weighted by atomic mass is 10.0. The van der Waals surface area contributed by atoms with Crippen LogP contribution in [0.25, 0.3) is 11.1 Å². The lowest BCUT2D eigenvalue weighted by molar-refractivity contribution is 0.717. The first-order chi connectivity index (χ1) is 8.29. The molecule has 0 spiro atoms. The van der Waals surface area contributed by atoms with Crippen molar-refractivity contribution in [2.75, 3.05) is 13.1 Å². The smallest absolute Gasteiger partial charge is 0.0568 e. The van der Waals surface area contributed by atoms with Crippen LogP contribution in [0.15, 0.2) is 36.7 Å². The van der Waals surface area contributed by atoms with Gasteiger partial charge in [-0.25, -0.2) is 0 Å². The van der Waals surface area contributed by atoms with Crippen LogP contribution < -0.4 is 5.32 Å². The van der Waals surface area contributed by atoms with Crippen molar-refractivity contribution in [3.05, 3.63) is 42.2 Å². The standard InChI is InChI=1S/C14H19N3/c1-3-15-8-7-12-5-4-6-13(9-12)14-10-16-17(2)11-14/h4-6,9-11,15H,3,7-8H2,1-2H3. The molecule has 3 nitrogen and oxygen atoms in total. The quantitative estimate of drug-likeness (QED) is 0.797. The monoisotopic (exact) mass is 229 g/mol. The largest absolute Gasteiger partial charge is 0.317 e. The van der Waals surface area contributed by atoms with Crippen LogP contribution in [0.4, 0.5) is 0 Å². The van der Waals surface area contributed by atoms with Crippen molar-refractivity contribution < 1.29 is 0 Å². The lowest BCUT2D eigenvalue weighted by Gasteiger charge is -2.04. The van der Waals surface area contributed by atoms with E-state index < -0.39 is 0 Å². The molecule has 0 fully saturated rings. The van der Waals surface area contributed by atoms with Gasteiger partial charge < -0.3 is 5.32 Å². The molecule has 17 heavy (non-hydrogen) atoms. The summed E-state index contributed by atoms with van der Waals surface area (Å²) in [6.07, 6.45) is 5.02. The highest BCUT2D eigenvalue weighted by molar-refractivity contribution is 5.62. The van der Waals surface area contributed by atoms with Gasteiger partial charge >= 0.3 is 0 Å². The van der Waals surface area contributed by atoms with Gasteiger partial charge in [-0.15, -0.1) is 0 Å². The van der Waals surface area contributed by atoms with Crippen LogP contribution in [0.3, 0.4) is 0 Å². The lowest BCUT2D eigenvalue weighted by Crippen LogP contribution is -2.15. The number of hydrogen-bond acceptors (Lipinski definition) is 2. The molecule has 1 heterocycles. The topological polar surface area (TPSA) is 29.9 Å². The average Bonchev–Trinajstić information content (AvgIpc) is 2.77. The molecular formula is C14H19N3. The molecule has 2 rings (SSSR count). The van der Waals surface area contributed by atoms with E-state index in [4.69, 9.17) is 0 Å². The fraction of sp³-hybridized carbons (Fsp3) is 0.357. The van der Waals surface area contributed by atoms with Crippen molar-refractivity contribution in [3.63, 3.8) is 0 Å². The van der Waals surface area contributed by atoms with Crippen LogP contribution in [0, 0.1) is 0 Å². The summed E-state index contributed by atoms with van der Waals surface area (Å²) in [6, 6.07) is 8.67. The highest BCUT2D eigenvalue weighted by Crippen LogP contribution is 2.19. The van der Waals surface area contributed by atoms with Crippen LogP contribution in [-0.4, -0.2) is 22.9 Å². The summed E-state index contributed by atoms with van der Waals surface area (Å²) in [6.45, 7) is 4.20. The third kappa shape index (κ3) is 3.17. The van der Waals surface area contributed by atoms with Gasteiger partial charge in [0.2, 0.25) is 0 Å². The van der Waals surface area contributed by atoms with Crippen LogP contribution in [-0.2, 0) is 13.5 Å². The molecule has 0 bridgehead atoms. The first-order valence-corrected chi connectivity index (χ1v) is 6.08. The minimum absolute atomic E-state index is 1.03. The Balaban J connectivity index is 2.11. The minimum Gasteiger partial charge on any atom is -0.317 e. The Labute approximate surface area is 102 Å². The number of aryl methyl sites for hydroxylation is 1. The Morgan fingerprint density at radius 2 is 2.18 bits per heavy atom. The van der Waals surface area contributed by atoms with E-state index in [1.165, 1.54) is 16.7 Å². The van der Waals surface area contributed by atoms with Gasteiger partial charge in [-0.05, 0) is 30.6 Å². The molecule has 2 aromatic rings. The zero-order chi connectivity index (χ0) is 12.1. The van der Waals surface area contributed by atoms with E-state index in [0.29, 0.717) is 0 Å². The molecule has 0 saturated carbocycles. The molecule has 1 aromatic heterocycles. The van der Waals surface area contributed by atoms with E-state index in [9.17, 15) is 0 Å². The van der Waals surface area contributed by atoms with Gasteiger partial charge in [-0.1, -0.05) is 31.2 Å². The van der Waals surface area contributed by atoms with Gasteiger partial charge in [0.1, 0.15) is 0 Å². The van der Waals surface area contributed by atoms with E-state index >= 15 is 0 Å². The van der Waals surface area contributed by atoms with Gasteiger partial charge in [0, 0.05) is 18.8 Å². The minimum atomic E-state index is 1.03. The first-order valence-electron chi connectivity index (χ1n) is 6.08. The maximum absolute atomic E-state index is 4.20. The van der Waals surface area contributed by atoms with Crippen molar-refractivity contribution in [2.45, 2.75) is 13.3 Å². The Morgan fingerprint density at radius 3 is 2.88 bits per heavy atom. The third-order valence-electron chi connectivity index (χ3n) is 2.81. The number of rotatable bonds is 5. The molecule has 0 unspecified atom stereocenters. The predicted octanol–water partition coefficient (Wildman–Crippen LogP) is 2.24. The molecule has 0 atom stereocenters. The van der Waals surface area contributed by atoms with Gasteiger partial charge in [-0.2, -0.15) is 5.10 Å². The summed E-state index contributed by atoms with van der Waals surface area (Å²) in [5.41, 5.74) is 3.79. The summed E-state index contributed by atoms with van der Waals surface area (Å²) in [5.74, 6) is 0. The Morgan fingerprint density at radius 1 is 1.29 bits per heavy atom. The molecule has 0 aliphatic heterocycles. The van der Waals surface area contributed by atoms with Gasteiger partial charge in [-0.3, -0.25) is 4.68 Å². The second-order valence-corrected chi connectivity index (χ2v) is 4.21. The zero-order valence-electron chi connectivity index (χ0n) is 10.5. The van der Waals surface area contributed by atoms with E-state index in [0.717, 1.165) is 19.5 Å². The number of nitrogens with one attached hydrogen (secondary N) is 1. The maximum Gasteiger partial charge on any atom is 0.0568 e. The highest BCUT2D eigenvalue weighted by Gasteiger charge is 2.01.